The first-order valence-corrected chi connectivity index (χ1v) is 5.71. The molecule has 7 heteroatoms. The van der Waals surface area contributed by atoms with Crippen molar-refractivity contribution in [2.75, 3.05) is 6.61 Å². The summed E-state index contributed by atoms with van der Waals surface area (Å²) in [6.07, 6.45) is 0.688. The van der Waals surface area contributed by atoms with Crippen LogP contribution in [0.1, 0.15) is 13.8 Å². The molecular weight excluding hydrogens is 222 g/mol. The zero-order valence-corrected chi connectivity index (χ0v) is 9.11. The van der Waals surface area contributed by atoms with E-state index in [2.05, 4.69) is 4.99 Å². The summed E-state index contributed by atoms with van der Waals surface area (Å²) in [4.78, 5) is 13.4. The second-order valence-corrected chi connectivity index (χ2v) is 5.10. The highest BCUT2D eigenvalue weighted by atomic mass is 32.2. The normalized spacial score (nSPS) is 18.9. The Morgan fingerprint density at radius 1 is 1.60 bits per heavy atom. The summed E-state index contributed by atoms with van der Waals surface area (Å²) in [6, 6.07) is 0. The highest BCUT2D eigenvalue weighted by molar-refractivity contribution is 8.10. The lowest BCUT2D eigenvalue weighted by molar-refractivity contribution is -0.131. The smallest absolute Gasteiger partial charge is 0.349 e. The number of carbonyl (C=O) groups is 1. The SMILES string of the molecule is CC(C)OCC1=NC=C(C(=O)O)S1(=O)=O. The largest absolute Gasteiger partial charge is 0.477 e. The number of hydrogen-bond donors (Lipinski definition) is 1. The van der Waals surface area contributed by atoms with Crippen molar-refractivity contribution >= 4 is 20.9 Å². The average molecular weight is 233 g/mol. The molecule has 1 rings (SSSR count). The van der Waals surface area contributed by atoms with Gasteiger partial charge in [0.05, 0.1) is 12.3 Å². The molecule has 15 heavy (non-hydrogen) atoms. The van der Waals surface area contributed by atoms with Gasteiger partial charge in [-0.2, -0.15) is 0 Å². The summed E-state index contributed by atoms with van der Waals surface area (Å²) >= 11 is 0. The summed E-state index contributed by atoms with van der Waals surface area (Å²) in [6.45, 7) is 3.29. The lowest BCUT2D eigenvalue weighted by Crippen LogP contribution is -2.23. The van der Waals surface area contributed by atoms with Crippen LogP contribution in [0.5, 0.6) is 0 Å². The fraction of sp³-hybridized carbons (Fsp3) is 0.500. The van der Waals surface area contributed by atoms with Crippen molar-refractivity contribution in [2.45, 2.75) is 20.0 Å². The molecule has 0 unspecified atom stereocenters. The minimum Gasteiger partial charge on any atom is -0.477 e. The fourth-order valence-electron chi connectivity index (χ4n) is 0.919. The van der Waals surface area contributed by atoms with E-state index in [4.69, 9.17) is 9.84 Å². The molecule has 0 aromatic heterocycles. The Morgan fingerprint density at radius 3 is 2.60 bits per heavy atom. The Kier molecular flexibility index (Phi) is 3.25. The van der Waals surface area contributed by atoms with Gasteiger partial charge in [0.25, 0.3) is 0 Å². The van der Waals surface area contributed by atoms with Crippen molar-refractivity contribution in [3.8, 4) is 0 Å². The molecule has 0 aromatic carbocycles. The minimum absolute atomic E-state index is 0.142. The molecular formula is C8H11NO5S. The van der Waals surface area contributed by atoms with Gasteiger partial charge in [-0.3, -0.25) is 0 Å². The topological polar surface area (TPSA) is 93.0 Å². The zero-order chi connectivity index (χ0) is 11.6. The van der Waals surface area contributed by atoms with Gasteiger partial charge in [-0.15, -0.1) is 0 Å². The third-order valence-electron chi connectivity index (χ3n) is 1.68. The van der Waals surface area contributed by atoms with Gasteiger partial charge in [-0.1, -0.05) is 0 Å². The highest BCUT2D eigenvalue weighted by Crippen LogP contribution is 2.17. The van der Waals surface area contributed by atoms with Crippen LogP contribution in [0.3, 0.4) is 0 Å². The second kappa shape index (κ2) is 4.11. The maximum Gasteiger partial charge on any atom is 0.349 e. The van der Waals surface area contributed by atoms with Gasteiger partial charge in [0.15, 0.2) is 9.95 Å². The molecule has 0 bridgehead atoms. The Hall–Kier alpha value is -1.21. The van der Waals surface area contributed by atoms with Gasteiger partial charge in [0.2, 0.25) is 9.84 Å². The Balaban J connectivity index is 2.80. The van der Waals surface area contributed by atoms with Gasteiger partial charge < -0.3 is 9.84 Å². The molecule has 0 saturated heterocycles. The van der Waals surface area contributed by atoms with Crippen LogP contribution in [-0.4, -0.2) is 37.2 Å². The van der Waals surface area contributed by atoms with Crippen LogP contribution >= 0.6 is 0 Å². The number of hydrogen-bond acceptors (Lipinski definition) is 5. The lowest BCUT2D eigenvalue weighted by Gasteiger charge is -2.07. The number of carboxylic acids is 1. The standard InChI is InChI=1S/C8H11NO5S/c1-5(2)14-4-7-9-3-6(8(10)11)15(7,12)13/h3,5H,4H2,1-2H3,(H,10,11). The van der Waals surface area contributed by atoms with E-state index in [-0.39, 0.29) is 17.8 Å². The van der Waals surface area contributed by atoms with E-state index in [9.17, 15) is 13.2 Å². The summed E-state index contributed by atoms with van der Waals surface area (Å²) in [7, 11) is -3.94. The molecule has 0 spiro atoms. The van der Waals surface area contributed by atoms with Gasteiger partial charge >= 0.3 is 5.97 Å². The van der Waals surface area contributed by atoms with Gasteiger partial charge in [-0.05, 0) is 13.8 Å². The number of aliphatic carboxylic acids is 1. The molecule has 1 aliphatic rings. The first-order valence-electron chi connectivity index (χ1n) is 4.22. The molecule has 0 saturated carbocycles. The first kappa shape index (κ1) is 11.9. The summed E-state index contributed by atoms with van der Waals surface area (Å²) in [5.74, 6) is -1.50. The third kappa shape index (κ3) is 2.42. The molecule has 0 fully saturated rings. The predicted octanol–water partition coefficient (Wildman–Crippen LogP) is 0.164. The minimum atomic E-state index is -3.94. The summed E-state index contributed by atoms with van der Waals surface area (Å²) < 4.78 is 28.0. The van der Waals surface area contributed by atoms with Crippen molar-refractivity contribution in [3.63, 3.8) is 0 Å². The van der Waals surface area contributed by atoms with E-state index in [1.165, 1.54) is 0 Å². The quantitative estimate of drug-likeness (QED) is 0.746. The van der Waals surface area contributed by atoms with E-state index >= 15 is 0 Å². The number of sulfone groups is 1. The Bertz CT molecular complexity index is 432. The first-order chi connectivity index (χ1) is 6.85. The summed E-state index contributed by atoms with van der Waals surface area (Å²) in [5, 5.41) is 8.33. The van der Waals surface area contributed by atoms with Gasteiger partial charge in [0.1, 0.15) is 6.61 Å². The molecule has 0 aromatic rings. The lowest BCUT2D eigenvalue weighted by atomic mass is 10.5. The van der Waals surface area contributed by atoms with Crippen LogP contribution in [0, 0.1) is 0 Å². The molecule has 0 amide bonds. The molecule has 0 radical (unpaired) electrons. The molecule has 1 aliphatic heterocycles. The zero-order valence-electron chi connectivity index (χ0n) is 8.30. The fourth-order valence-corrected chi connectivity index (χ4v) is 2.01. The van der Waals surface area contributed by atoms with Crippen LogP contribution in [0.25, 0.3) is 0 Å². The van der Waals surface area contributed by atoms with Crippen molar-refractivity contribution < 1.29 is 23.1 Å². The average Bonchev–Trinajstić information content (AvgIpc) is 2.37. The Labute approximate surface area is 87.2 Å². The molecule has 0 aliphatic carbocycles. The van der Waals surface area contributed by atoms with Gasteiger partial charge in [0, 0.05) is 0 Å². The molecule has 0 atom stereocenters. The maximum atomic E-state index is 11.5. The van der Waals surface area contributed by atoms with Crippen LogP contribution in [-0.2, 0) is 19.4 Å². The van der Waals surface area contributed by atoms with Crippen LogP contribution < -0.4 is 0 Å². The maximum absolute atomic E-state index is 11.5. The number of ether oxygens (including phenoxy) is 1. The van der Waals surface area contributed by atoms with Crippen molar-refractivity contribution in [3.05, 3.63) is 11.1 Å². The van der Waals surface area contributed by atoms with E-state index in [0.29, 0.717) is 0 Å². The van der Waals surface area contributed by atoms with E-state index in [1.54, 1.807) is 13.8 Å². The Morgan fingerprint density at radius 2 is 2.20 bits per heavy atom. The summed E-state index contributed by atoms with van der Waals surface area (Å²) in [5.41, 5.74) is 0. The number of aliphatic imine (C=N–C) groups is 1. The number of rotatable bonds is 4. The van der Waals surface area contributed by atoms with Crippen molar-refractivity contribution in [1.29, 1.82) is 0 Å². The van der Waals surface area contributed by atoms with Crippen molar-refractivity contribution in [1.82, 2.24) is 0 Å². The van der Waals surface area contributed by atoms with Crippen molar-refractivity contribution in [2.24, 2.45) is 4.99 Å². The van der Waals surface area contributed by atoms with E-state index in [1.807, 2.05) is 0 Å². The monoisotopic (exact) mass is 233 g/mol. The van der Waals surface area contributed by atoms with Crippen LogP contribution in [0.2, 0.25) is 0 Å². The number of carboxylic acid groups (broad SMARTS) is 1. The molecule has 6 nitrogen and oxygen atoms in total. The molecule has 84 valence electrons. The van der Waals surface area contributed by atoms with Crippen LogP contribution in [0.4, 0.5) is 0 Å². The third-order valence-corrected chi connectivity index (χ3v) is 3.38. The molecule has 1 N–H and O–H groups in total. The number of nitrogens with zero attached hydrogens (tertiary/aromatic N) is 1. The van der Waals surface area contributed by atoms with Gasteiger partial charge in [-0.25, -0.2) is 18.2 Å². The highest BCUT2D eigenvalue weighted by Gasteiger charge is 2.34. The predicted molar refractivity (Wildman–Crippen MR) is 53.2 cm³/mol. The van der Waals surface area contributed by atoms with Crippen LogP contribution in [0.15, 0.2) is 16.1 Å². The van der Waals surface area contributed by atoms with E-state index < -0.39 is 20.7 Å². The molecule has 1 heterocycles. The van der Waals surface area contributed by atoms with E-state index in [0.717, 1.165) is 6.20 Å². The second-order valence-electron chi connectivity index (χ2n) is 3.18.